The van der Waals surface area contributed by atoms with Crippen molar-refractivity contribution >= 4 is 10.8 Å². The SMILES string of the molecule is COc1ccc(CCNCc2c(OCc3ccccc3C)ccc3ccccc23)cc1. The first kappa shape index (κ1) is 21.0. The summed E-state index contributed by atoms with van der Waals surface area (Å²) in [6, 6.07) is 29.4. The normalized spacial score (nSPS) is 10.9. The highest BCUT2D eigenvalue weighted by Crippen LogP contribution is 2.29. The Bertz CT molecular complexity index is 1140. The van der Waals surface area contributed by atoms with E-state index >= 15 is 0 Å². The van der Waals surface area contributed by atoms with E-state index in [2.05, 4.69) is 85.0 Å². The summed E-state index contributed by atoms with van der Waals surface area (Å²) >= 11 is 0. The molecular formula is C28H29NO2. The molecule has 0 unspecified atom stereocenters. The summed E-state index contributed by atoms with van der Waals surface area (Å²) in [5.41, 5.74) is 4.97. The van der Waals surface area contributed by atoms with Crippen molar-refractivity contribution in [1.29, 1.82) is 0 Å². The molecule has 0 amide bonds. The van der Waals surface area contributed by atoms with E-state index in [9.17, 15) is 0 Å². The maximum atomic E-state index is 6.30. The van der Waals surface area contributed by atoms with Gasteiger partial charge in [0.05, 0.1) is 7.11 Å². The summed E-state index contributed by atoms with van der Waals surface area (Å²) in [5.74, 6) is 1.84. The van der Waals surface area contributed by atoms with Crippen LogP contribution in [0.3, 0.4) is 0 Å². The first-order chi connectivity index (χ1) is 15.2. The molecule has 0 saturated heterocycles. The monoisotopic (exact) mass is 411 g/mol. The topological polar surface area (TPSA) is 30.5 Å². The predicted octanol–water partition coefficient (Wildman–Crippen LogP) is 6.07. The molecule has 3 nitrogen and oxygen atoms in total. The van der Waals surface area contributed by atoms with Gasteiger partial charge in [0, 0.05) is 12.1 Å². The van der Waals surface area contributed by atoms with Gasteiger partial charge in [0.25, 0.3) is 0 Å². The smallest absolute Gasteiger partial charge is 0.124 e. The lowest BCUT2D eigenvalue weighted by molar-refractivity contribution is 0.302. The minimum absolute atomic E-state index is 0.573. The average molecular weight is 412 g/mol. The second-order valence-corrected chi connectivity index (χ2v) is 7.75. The number of nitrogens with one attached hydrogen (secondary N) is 1. The molecule has 0 aromatic heterocycles. The van der Waals surface area contributed by atoms with Crippen LogP contribution < -0.4 is 14.8 Å². The van der Waals surface area contributed by atoms with Crippen LogP contribution >= 0.6 is 0 Å². The summed E-state index contributed by atoms with van der Waals surface area (Å²) in [5, 5.41) is 6.08. The third kappa shape index (κ3) is 5.25. The van der Waals surface area contributed by atoms with Gasteiger partial charge >= 0.3 is 0 Å². The molecule has 158 valence electrons. The number of hydrogen-bond donors (Lipinski definition) is 1. The van der Waals surface area contributed by atoms with Crippen molar-refractivity contribution < 1.29 is 9.47 Å². The molecule has 0 aliphatic rings. The maximum Gasteiger partial charge on any atom is 0.124 e. The molecule has 0 aliphatic heterocycles. The van der Waals surface area contributed by atoms with Gasteiger partial charge in [-0.25, -0.2) is 0 Å². The zero-order valence-electron chi connectivity index (χ0n) is 18.2. The second kappa shape index (κ2) is 10.1. The molecule has 4 rings (SSSR count). The van der Waals surface area contributed by atoms with E-state index in [1.807, 2.05) is 12.1 Å². The van der Waals surface area contributed by atoms with Crippen LogP contribution in [-0.4, -0.2) is 13.7 Å². The molecule has 0 atom stereocenters. The first-order valence-electron chi connectivity index (χ1n) is 10.8. The van der Waals surface area contributed by atoms with Crippen molar-refractivity contribution in [2.45, 2.75) is 26.5 Å². The summed E-state index contributed by atoms with van der Waals surface area (Å²) in [6.45, 7) is 4.36. The third-order valence-corrected chi connectivity index (χ3v) is 5.69. The van der Waals surface area contributed by atoms with E-state index in [0.29, 0.717) is 6.61 Å². The van der Waals surface area contributed by atoms with E-state index in [1.54, 1.807) is 7.11 Å². The Morgan fingerprint density at radius 2 is 1.58 bits per heavy atom. The van der Waals surface area contributed by atoms with Gasteiger partial charge in [-0.05, 0) is 65.6 Å². The highest BCUT2D eigenvalue weighted by Gasteiger charge is 2.10. The van der Waals surface area contributed by atoms with E-state index in [4.69, 9.17) is 9.47 Å². The lowest BCUT2D eigenvalue weighted by Gasteiger charge is -2.16. The minimum atomic E-state index is 0.573. The van der Waals surface area contributed by atoms with Crippen LogP contribution in [0.15, 0.2) is 84.9 Å². The quantitative estimate of drug-likeness (QED) is 0.339. The van der Waals surface area contributed by atoms with Gasteiger partial charge in [-0.3, -0.25) is 0 Å². The molecule has 0 heterocycles. The molecule has 4 aromatic rings. The van der Waals surface area contributed by atoms with Gasteiger partial charge in [0.1, 0.15) is 18.1 Å². The molecule has 0 saturated carbocycles. The average Bonchev–Trinajstić information content (AvgIpc) is 2.82. The summed E-state index contributed by atoms with van der Waals surface area (Å²) in [4.78, 5) is 0. The molecule has 0 fully saturated rings. The molecular weight excluding hydrogens is 382 g/mol. The van der Waals surface area contributed by atoms with Crippen LogP contribution in [0.5, 0.6) is 11.5 Å². The minimum Gasteiger partial charge on any atom is -0.497 e. The van der Waals surface area contributed by atoms with E-state index in [0.717, 1.165) is 31.0 Å². The fourth-order valence-corrected chi connectivity index (χ4v) is 3.80. The van der Waals surface area contributed by atoms with Gasteiger partial charge in [-0.15, -0.1) is 0 Å². The van der Waals surface area contributed by atoms with Crippen LogP contribution in [0.25, 0.3) is 10.8 Å². The zero-order chi connectivity index (χ0) is 21.5. The Kier molecular flexibility index (Phi) is 6.85. The molecule has 0 spiro atoms. The number of aryl methyl sites for hydroxylation is 1. The van der Waals surface area contributed by atoms with Gasteiger partial charge in [0.15, 0.2) is 0 Å². The van der Waals surface area contributed by atoms with Crippen LogP contribution in [0.1, 0.15) is 22.3 Å². The van der Waals surface area contributed by atoms with Gasteiger partial charge < -0.3 is 14.8 Å². The Morgan fingerprint density at radius 1 is 0.806 bits per heavy atom. The highest BCUT2D eigenvalue weighted by molar-refractivity contribution is 5.87. The van der Waals surface area contributed by atoms with Crippen molar-refractivity contribution in [3.63, 3.8) is 0 Å². The van der Waals surface area contributed by atoms with Gasteiger partial charge in [-0.1, -0.05) is 66.7 Å². The van der Waals surface area contributed by atoms with E-state index < -0.39 is 0 Å². The predicted molar refractivity (Wildman–Crippen MR) is 128 cm³/mol. The number of rotatable bonds is 9. The molecule has 3 heteroatoms. The number of hydrogen-bond acceptors (Lipinski definition) is 3. The summed E-state index contributed by atoms with van der Waals surface area (Å²) in [7, 11) is 1.69. The van der Waals surface area contributed by atoms with Crippen molar-refractivity contribution in [3.05, 3.63) is 107 Å². The number of fused-ring (bicyclic) bond motifs is 1. The van der Waals surface area contributed by atoms with Crippen LogP contribution in [0, 0.1) is 6.92 Å². The fourth-order valence-electron chi connectivity index (χ4n) is 3.80. The second-order valence-electron chi connectivity index (χ2n) is 7.75. The molecule has 0 aliphatic carbocycles. The van der Waals surface area contributed by atoms with E-state index in [-0.39, 0.29) is 0 Å². The first-order valence-corrected chi connectivity index (χ1v) is 10.8. The highest BCUT2D eigenvalue weighted by atomic mass is 16.5. The Morgan fingerprint density at radius 3 is 2.39 bits per heavy atom. The van der Waals surface area contributed by atoms with Crippen molar-refractivity contribution in [2.75, 3.05) is 13.7 Å². The Hall–Kier alpha value is -3.30. The fraction of sp³-hybridized carbons (Fsp3) is 0.214. The number of methoxy groups -OCH3 is 1. The molecule has 4 aromatic carbocycles. The lowest BCUT2D eigenvalue weighted by Crippen LogP contribution is -2.17. The van der Waals surface area contributed by atoms with Gasteiger partial charge in [-0.2, -0.15) is 0 Å². The molecule has 1 N–H and O–H groups in total. The zero-order valence-corrected chi connectivity index (χ0v) is 18.2. The molecule has 31 heavy (non-hydrogen) atoms. The lowest BCUT2D eigenvalue weighted by atomic mass is 10.0. The summed E-state index contributed by atoms with van der Waals surface area (Å²) in [6.07, 6.45) is 0.966. The summed E-state index contributed by atoms with van der Waals surface area (Å²) < 4.78 is 11.5. The van der Waals surface area contributed by atoms with Crippen molar-refractivity contribution in [1.82, 2.24) is 5.32 Å². The largest absolute Gasteiger partial charge is 0.497 e. The Labute approximate surface area is 184 Å². The number of benzene rings is 4. The van der Waals surface area contributed by atoms with Crippen molar-refractivity contribution in [2.24, 2.45) is 0 Å². The van der Waals surface area contributed by atoms with Crippen LogP contribution in [0.4, 0.5) is 0 Å². The molecule has 0 bridgehead atoms. The number of ether oxygens (including phenoxy) is 2. The van der Waals surface area contributed by atoms with E-state index in [1.165, 1.54) is 33.0 Å². The van der Waals surface area contributed by atoms with Crippen LogP contribution in [0.2, 0.25) is 0 Å². The standard InChI is InChI=1S/C28H29NO2/c1-21-7-3-4-9-24(21)20-31-28-16-13-23-8-5-6-10-26(23)27(28)19-29-18-17-22-11-14-25(30-2)15-12-22/h3-16,29H,17-20H2,1-2H3. The molecule has 0 radical (unpaired) electrons. The third-order valence-electron chi connectivity index (χ3n) is 5.69. The maximum absolute atomic E-state index is 6.30. The Balaban J connectivity index is 1.46. The van der Waals surface area contributed by atoms with Crippen molar-refractivity contribution in [3.8, 4) is 11.5 Å². The van der Waals surface area contributed by atoms with Crippen LogP contribution in [-0.2, 0) is 19.6 Å². The van der Waals surface area contributed by atoms with Gasteiger partial charge in [0.2, 0.25) is 0 Å².